The van der Waals surface area contributed by atoms with Crippen LogP contribution in [0.3, 0.4) is 0 Å². The number of rotatable bonds is 3. The van der Waals surface area contributed by atoms with Crippen LogP contribution < -0.4 is 10.2 Å². The summed E-state index contributed by atoms with van der Waals surface area (Å²) in [6.45, 7) is 0.543. The monoisotopic (exact) mass is 532 g/mol. The zero-order valence-electron chi connectivity index (χ0n) is 18.5. The molecular weight excluding hydrogens is 514 g/mol. The molecule has 3 aromatic rings. The maximum absolute atomic E-state index is 13.4. The summed E-state index contributed by atoms with van der Waals surface area (Å²) >= 11 is 6.16. The molecule has 1 fully saturated rings. The first-order chi connectivity index (χ1) is 16.9. The van der Waals surface area contributed by atoms with Crippen molar-refractivity contribution in [1.29, 1.82) is 0 Å². The highest BCUT2D eigenvalue weighted by Crippen LogP contribution is 2.42. The lowest BCUT2D eigenvalue weighted by atomic mass is 9.86. The van der Waals surface area contributed by atoms with E-state index < -0.39 is 41.9 Å². The summed E-state index contributed by atoms with van der Waals surface area (Å²) in [5.41, 5.74) is 2.14. The van der Waals surface area contributed by atoms with Gasteiger partial charge in [0.15, 0.2) is 0 Å². The Morgan fingerprint density at radius 1 is 1.06 bits per heavy atom. The fraction of sp³-hybridized carbons (Fsp3) is 0.455. The molecule has 2 aliphatic heterocycles. The molecule has 4 heterocycles. The average Bonchev–Trinajstić information content (AvgIpc) is 3.17. The molecule has 7 nitrogen and oxygen atoms in total. The zero-order chi connectivity index (χ0) is 25.8. The van der Waals surface area contributed by atoms with Gasteiger partial charge in [-0.2, -0.15) is 36.3 Å². The number of anilines is 1. The molecule has 2 aliphatic rings. The quantitative estimate of drug-likeness (QED) is 0.460. The van der Waals surface area contributed by atoms with Gasteiger partial charge in [-0.05, 0) is 49.4 Å². The number of carbonyl (C=O) groups excluding carboxylic acids is 1. The summed E-state index contributed by atoms with van der Waals surface area (Å²) in [6.07, 6.45) is -8.74. The molecule has 36 heavy (non-hydrogen) atoms. The number of nitrogens with one attached hydrogen (secondary N) is 2. The van der Waals surface area contributed by atoms with E-state index in [0.717, 1.165) is 10.9 Å². The van der Waals surface area contributed by atoms with Crippen LogP contribution in [0.1, 0.15) is 48.2 Å². The van der Waals surface area contributed by atoms with Gasteiger partial charge >= 0.3 is 12.4 Å². The molecule has 1 amide bonds. The standard InChI is InChI=1S/C22H19ClF6N6O/c23-11-3-4-14-13(9-11)12-5-7-35(15(16(12)31-14)8-10-2-1-6-30-17(10)36)20-33-18(21(24,25)26)32-19(34-20)22(27,28)29/h3-4,9-10,15,31H,1-2,5-8H2,(H,30,36). The van der Waals surface area contributed by atoms with Crippen molar-refractivity contribution in [1.82, 2.24) is 25.3 Å². The van der Waals surface area contributed by atoms with Gasteiger partial charge in [0.05, 0.1) is 6.04 Å². The van der Waals surface area contributed by atoms with Crippen LogP contribution in [0.5, 0.6) is 0 Å². The van der Waals surface area contributed by atoms with E-state index in [1.807, 2.05) is 0 Å². The minimum Gasteiger partial charge on any atom is -0.356 e. The van der Waals surface area contributed by atoms with Crippen LogP contribution in [0.2, 0.25) is 5.02 Å². The van der Waals surface area contributed by atoms with Crippen molar-refractivity contribution in [3.63, 3.8) is 0 Å². The third-order valence-corrected chi connectivity index (χ3v) is 6.74. The number of amides is 1. The second-order valence-corrected chi connectivity index (χ2v) is 9.25. The molecule has 0 spiro atoms. The first-order valence-corrected chi connectivity index (χ1v) is 11.5. The van der Waals surface area contributed by atoms with Gasteiger partial charge in [-0.25, -0.2) is 4.98 Å². The van der Waals surface area contributed by atoms with Gasteiger partial charge in [0.2, 0.25) is 23.5 Å². The predicted molar refractivity (Wildman–Crippen MR) is 117 cm³/mol. The summed E-state index contributed by atoms with van der Waals surface area (Å²) in [5.74, 6) is -5.30. The van der Waals surface area contributed by atoms with Gasteiger partial charge in [-0.3, -0.25) is 4.79 Å². The lowest BCUT2D eigenvalue weighted by Crippen LogP contribution is -2.42. The van der Waals surface area contributed by atoms with Gasteiger partial charge in [-0.1, -0.05) is 11.6 Å². The molecule has 192 valence electrons. The predicted octanol–water partition coefficient (Wildman–Crippen LogP) is 5.06. The molecule has 1 saturated heterocycles. The van der Waals surface area contributed by atoms with E-state index in [9.17, 15) is 31.1 Å². The lowest BCUT2D eigenvalue weighted by molar-refractivity contribution is -0.155. The highest BCUT2D eigenvalue weighted by Gasteiger charge is 2.44. The number of aromatic amines is 1. The van der Waals surface area contributed by atoms with E-state index >= 15 is 0 Å². The Morgan fingerprint density at radius 2 is 1.75 bits per heavy atom. The Bertz CT molecular complexity index is 1290. The van der Waals surface area contributed by atoms with Crippen LogP contribution >= 0.6 is 11.6 Å². The van der Waals surface area contributed by atoms with Crippen molar-refractivity contribution in [3.8, 4) is 0 Å². The third kappa shape index (κ3) is 4.56. The Hall–Kier alpha value is -3.09. The van der Waals surface area contributed by atoms with Gasteiger partial charge < -0.3 is 15.2 Å². The highest BCUT2D eigenvalue weighted by molar-refractivity contribution is 6.31. The number of hydrogen-bond donors (Lipinski definition) is 2. The molecule has 0 radical (unpaired) electrons. The number of alkyl halides is 6. The topological polar surface area (TPSA) is 86.8 Å². The zero-order valence-corrected chi connectivity index (χ0v) is 19.2. The maximum Gasteiger partial charge on any atom is 0.451 e. The fourth-order valence-corrected chi connectivity index (χ4v) is 5.07. The van der Waals surface area contributed by atoms with Gasteiger partial charge in [0.1, 0.15) is 0 Å². The number of nitrogens with zero attached hydrogens (tertiary/aromatic N) is 4. The number of aromatic nitrogens is 4. The van der Waals surface area contributed by atoms with Crippen molar-refractivity contribution in [2.75, 3.05) is 18.0 Å². The molecular formula is C22H19ClF6N6O. The van der Waals surface area contributed by atoms with Crippen molar-refractivity contribution < 1.29 is 31.1 Å². The first-order valence-electron chi connectivity index (χ1n) is 11.2. The molecule has 1 aromatic carbocycles. The molecule has 2 unspecified atom stereocenters. The Morgan fingerprint density at radius 3 is 2.39 bits per heavy atom. The van der Waals surface area contributed by atoms with Crippen molar-refractivity contribution in [2.45, 2.75) is 44.1 Å². The van der Waals surface area contributed by atoms with E-state index in [2.05, 4.69) is 25.3 Å². The van der Waals surface area contributed by atoms with Crippen molar-refractivity contribution in [3.05, 3.63) is 46.1 Å². The van der Waals surface area contributed by atoms with E-state index in [-0.39, 0.29) is 25.3 Å². The molecule has 2 N–H and O–H groups in total. The smallest absolute Gasteiger partial charge is 0.356 e. The SMILES string of the molecule is O=C1NCCCC1CC1c2[nH]c3ccc(Cl)cc3c2CCN1c1nc(C(F)(F)F)nc(C(F)(F)F)n1. The summed E-state index contributed by atoms with van der Waals surface area (Å²) in [7, 11) is 0. The number of carbonyl (C=O) groups is 1. The number of fused-ring (bicyclic) bond motifs is 3. The molecule has 14 heteroatoms. The number of H-pyrrole nitrogens is 1. The molecule has 0 aliphatic carbocycles. The van der Waals surface area contributed by atoms with Gasteiger partial charge in [-0.15, -0.1) is 0 Å². The minimum atomic E-state index is -5.21. The largest absolute Gasteiger partial charge is 0.451 e. The lowest BCUT2D eigenvalue weighted by Gasteiger charge is -2.38. The number of benzene rings is 1. The van der Waals surface area contributed by atoms with E-state index in [0.29, 0.717) is 35.6 Å². The number of hydrogen-bond acceptors (Lipinski definition) is 5. The van der Waals surface area contributed by atoms with E-state index in [1.54, 1.807) is 18.2 Å². The molecule has 2 aromatic heterocycles. The first kappa shape index (κ1) is 24.6. The number of piperidine rings is 1. The van der Waals surface area contributed by atoms with Crippen molar-refractivity contribution >= 4 is 34.4 Å². The van der Waals surface area contributed by atoms with Gasteiger partial charge in [0.25, 0.3) is 0 Å². The summed E-state index contributed by atoms with van der Waals surface area (Å²) in [6, 6.07) is 4.39. The van der Waals surface area contributed by atoms with Crippen LogP contribution in [0.4, 0.5) is 32.3 Å². The fourth-order valence-electron chi connectivity index (χ4n) is 4.90. The van der Waals surface area contributed by atoms with Crippen LogP contribution in [0.25, 0.3) is 10.9 Å². The molecule has 0 saturated carbocycles. The summed E-state index contributed by atoms with van der Waals surface area (Å²) in [5, 5.41) is 4.06. The molecule has 0 bridgehead atoms. The second-order valence-electron chi connectivity index (χ2n) is 8.81. The maximum atomic E-state index is 13.4. The average molecular weight is 533 g/mol. The summed E-state index contributed by atoms with van der Waals surface area (Å²) in [4.78, 5) is 26.5. The van der Waals surface area contributed by atoms with Crippen LogP contribution in [-0.4, -0.2) is 38.9 Å². The van der Waals surface area contributed by atoms with Crippen LogP contribution in [-0.2, 0) is 23.6 Å². The third-order valence-electron chi connectivity index (χ3n) is 6.51. The van der Waals surface area contributed by atoms with Crippen LogP contribution in [0, 0.1) is 5.92 Å². The highest BCUT2D eigenvalue weighted by atomic mass is 35.5. The Balaban J connectivity index is 1.65. The van der Waals surface area contributed by atoms with E-state index in [1.165, 1.54) is 4.90 Å². The Labute approximate surface area is 205 Å². The molecule has 5 rings (SSSR count). The van der Waals surface area contributed by atoms with Crippen LogP contribution in [0.15, 0.2) is 18.2 Å². The van der Waals surface area contributed by atoms with Crippen molar-refractivity contribution in [2.24, 2.45) is 5.92 Å². The summed E-state index contributed by atoms with van der Waals surface area (Å²) < 4.78 is 80.6. The molecule has 2 atom stereocenters. The van der Waals surface area contributed by atoms with E-state index in [4.69, 9.17) is 11.6 Å². The number of halogens is 7. The van der Waals surface area contributed by atoms with Gasteiger partial charge in [0, 0.05) is 40.6 Å². The normalized spacial score (nSPS) is 21.0. The Kier molecular flexibility index (Phi) is 6.00. The second kappa shape index (κ2) is 8.79. The minimum absolute atomic E-state index is 0.0318.